The van der Waals surface area contributed by atoms with Crippen molar-refractivity contribution in [3.05, 3.63) is 0 Å². The maximum atomic E-state index is 11.9. The van der Waals surface area contributed by atoms with E-state index in [9.17, 15) is 13.5 Å². The molecule has 0 aromatic carbocycles. The van der Waals surface area contributed by atoms with E-state index in [0.717, 1.165) is 64.1 Å². The van der Waals surface area contributed by atoms with E-state index >= 15 is 0 Å². The van der Waals surface area contributed by atoms with Crippen molar-refractivity contribution in [1.29, 1.82) is 0 Å². The molecule has 5 nitrogen and oxygen atoms in total. The molecule has 0 spiro atoms. The molecule has 1 aliphatic carbocycles. The fraction of sp³-hybridized carbons (Fsp3) is 1.00. The van der Waals surface area contributed by atoms with Gasteiger partial charge in [0, 0.05) is 19.6 Å². The van der Waals surface area contributed by atoms with Gasteiger partial charge in [-0.2, -0.15) is 0 Å². The summed E-state index contributed by atoms with van der Waals surface area (Å²) in [5.41, 5.74) is -0.536. The van der Waals surface area contributed by atoms with Crippen molar-refractivity contribution in [1.82, 2.24) is 9.62 Å². The zero-order valence-electron chi connectivity index (χ0n) is 14.9. The molecule has 2 N–H and O–H groups in total. The van der Waals surface area contributed by atoms with Crippen LogP contribution in [-0.2, 0) is 10.0 Å². The summed E-state index contributed by atoms with van der Waals surface area (Å²) in [6.45, 7) is 8.84. The Kier molecular flexibility index (Phi) is 6.50. The maximum absolute atomic E-state index is 11.9. The fourth-order valence-corrected chi connectivity index (χ4v) is 4.54. The number of hydrogen-bond acceptors (Lipinski definition) is 4. The minimum absolute atomic E-state index is 0.350. The molecule has 2 fully saturated rings. The Bertz CT molecular complexity index is 470. The van der Waals surface area contributed by atoms with Crippen molar-refractivity contribution in [2.45, 2.75) is 70.1 Å². The Morgan fingerprint density at radius 3 is 2.52 bits per heavy atom. The summed E-state index contributed by atoms with van der Waals surface area (Å²) in [7, 11) is -3.18. The average Bonchev–Trinajstić information content (AvgIpc) is 2.49. The number of β-amino-alcohol motifs (C(OH)–C–C–N with tert-alkyl or cyclic N) is 1. The van der Waals surface area contributed by atoms with Crippen molar-refractivity contribution in [2.75, 3.05) is 26.2 Å². The minimum atomic E-state index is -3.18. The number of sulfonamides is 1. The summed E-state index contributed by atoms with van der Waals surface area (Å²) in [6, 6.07) is 0. The normalized spacial score (nSPS) is 34.0. The molecule has 0 bridgehead atoms. The van der Waals surface area contributed by atoms with Crippen LogP contribution < -0.4 is 4.72 Å². The lowest BCUT2D eigenvalue weighted by atomic mass is 9.79. The Morgan fingerprint density at radius 2 is 1.91 bits per heavy atom. The maximum Gasteiger partial charge on any atom is 0.213 e. The molecule has 0 aromatic heterocycles. The van der Waals surface area contributed by atoms with Gasteiger partial charge in [0.15, 0.2) is 0 Å². The van der Waals surface area contributed by atoms with Gasteiger partial charge in [-0.3, -0.25) is 0 Å². The summed E-state index contributed by atoms with van der Waals surface area (Å²) < 4.78 is 26.5. The lowest BCUT2D eigenvalue weighted by Gasteiger charge is -2.41. The van der Waals surface area contributed by atoms with Crippen molar-refractivity contribution in [2.24, 2.45) is 11.8 Å². The van der Waals surface area contributed by atoms with Gasteiger partial charge in [0.1, 0.15) is 0 Å². The summed E-state index contributed by atoms with van der Waals surface area (Å²) in [6.07, 6.45) is 6.17. The van der Waals surface area contributed by atoms with Gasteiger partial charge >= 0.3 is 0 Å². The molecule has 1 atom stereocenters. The van der Waals surface area contributed by atoms with Crippen LogP contribution in [0.5, 0.6) is 0 Å². The molecule has 0 aromatic rings. The Labute approximate surface area is 141 Å². The van der Waals surface area contributed by atoms with Crippen LogP contribution in [0.2, 0.25) is 0 Å². The summed E-state index contributed by atoms with van der Waals surface area (Å²) in [4.78, 5) is 2.34. The topological polar surface area (TPSA) is 69.6 Å². The summed E-state index contributed by atoms with van der Waals surface area (Å²) in [5, 5.41) is 10.4. The first-order valence-corrected chi connectivity index (χ1v) is 10.7. The van der Waals surface area contributed by atoms with Crippen molar-refractivity contribution in [3.63, 3.8) is 0 Å². The third-order valence-electron chi connectivity index (χ3n) is 5.52. The monoisotopic (exact) mass is 346 g/mol. The lowest BCUT2D eigenvalue weighted by molar-refractivity contribution is -0.0421. The molecule has 1 saturated carbocycles. The van der Waals surface area contributed by atoms with Crippen LogP contribution in [0.25, 0.3) is 0 Å². The number of piperidine rings is 1. The van der Waals surface area contributed by atoms with Gasteiger partial charge < -0.3 is 10.0 Å². The highest BCUT2D eigenvalue weighted by atomic mass is 32.2. The third kappa shape index (κ3) is 5.69. The van der Waals surface area contributed by atoms with Gasteiger partial charge in [-0.1, -0.05) is 6.92 Å². The highest BCUT2D eigenvalue weighted by Crippen LogP contribution is 2.33. The van der Waals surface area contributed by atoms with Gasteiger partial charge in [0.25, 0.3) is 0 Å². The predicted molar refractivity (Wildman–Crippen MR) is 93.8 cm³/mol. The SMILES string of the molecule is CC1CCC(O)(CN2CCCC(CNS(=O)(=O)C(C)C)C2)CC1. The van der Waals surface area contributed by atoms with Crippen LogP contribution in [-0.4, -0.2) is 55.5 Å². The van der Waals surface area contributed by atoms with Crippen molar-refractivity contribution < 1.29 is 13.5 Å². The zero-order valence-corrected chi connectivity index (χ0v) is 15.7. The van der Waals surface area contributed by atoms with E-state index in [-0.39, 0.29) is 5.25 Å². The highest BCUT2D eigenvalue weighted by Gasteiger charge is 2.35. The van der Waals surface area contributed by atoms with Gasteiger partial charge in [-0.25, -0.2) is 13.1 Å². The molecular formula is C17H34N2O3S. The largest absolute Gasteiger partial charge is 0.389 e. The van der Waals surface area contributed by atoms with Crippen LogP contribution in [0.3, 0.4) is 0 Å². The lowest BCUT2D eigenvalue weighted by Crippen LogP contribution is -2.50. The molecule has 1 aliphatic heterocycles. The molecule has 1 heterocycles. The number of nitrogens with one attached hydrogen (secondary N) is 1. The van der Waals surface area contributed by atoms with Gasteiger partial charge in [0.2, 0.25) is 10.0 Å². The van der Waals surface area contributed by atoms with Crippen LogP contribution in [0.4, 0.5) is 0 Å². The molecule has 1 saturated heterocycles. The summed E-state index contributed by atoms with van der Waals surface area (Å²) >= 11 is 0. The van der Waals surface area contributed by atoms with E-state index in [1.54, 1.807) is 13.8 Å². The van der Waals surface area contributed by atoms with E-state index < -0.39 is 15.6 Å². The first-order valence-electron chi connectivity index (χ1n) is 9.13. The number of rotatable bonds is 6. The van der Waals surface area contributed by atoms with Crippen molar-refractivity contribution in [3.8, 4) is 0 Å². The van der Waals surface area contributed by atoms with Gasteiger partial charge in [-0.15, -0.1) is 0 Å². The van der Waals surface area contributed by atoms with Crippen LogP contribution >= 0.6 is 0 Å². The van der Waals surface area contributed by atoms with E-state index in [0.29, 0.717) is 12.5 Å². The van der Waals surface area contributed by atoms with Crippen LogP contribution in [0.15, 0.2) is 0 Å². The summed E-state index contributed by atoms with van der Waals surface area (Å²) in [5.74, 6) is 1.08. The highest BCUT2D eigenvalue weighted by molar-refractivity contribution is 7.90. The molecule has 6 heteroatoms. The van der Waals surface area contributed by atoms with E-state index in [1.807, 2.05) is 0 Å². The quantitative estimate of drug-likeness (QED) is 0.771. The number of nitrogens with zero attached hydrogens (tertiary/aromatic N) is 1. The second-order valence-electron chi connectivity index (χ2n) is 8.09. The molecule has 0 amide bonds. The number of hydrogen-bond donors (Lipinski definition) is 2. The second kappa shape index (κ2) is 7.81. The molecule has 23 heavy (non-hydrogen) atoms. The first kappa shape index (κ1) is 19.2. The Balaban J connectivity index is 1.81. The molecule has 136 valence electrons. The minimum Gasteiger partial charge on any atom is -0.389 e. The van der Waals surface area contributed by atoms with Gasteiger partial charge in [-0.05, 0) is 70.8 Å². The van der Waals surface area contributed by atoms with E-state index in [4.69, 9.17) is 0 Å². The Morgan fingerprint density at radius 1 is 1.26 bits per heavy atom. The number of likely N-dealkylation sites (tertiary alicyclic amines) is 1. The third-order valence-corrected chi connectivity index (χ3v) is 7.33. The smallest absolute Gasteiger partial charge is 0.213 e. The molecule has 1 unspecified atom stereocenters. The van der Waals surface area contributed by atoms with Crippen molar-refractivity contribution >= 4 is 10.0 Å². The second-order valence-corrected chi connectivity index (χ2v) is 10.4. The van der Waals surface area contributed by atoms with E-state index in [1.165, 1.54) is 0 Å². The van der Waals surface area contributed by atoms with Gasteiger partial charge in [0.05, 0.1) is 10.9 Å². The average molecular weight is 347 g/mol. The molecule has 0 radical (unpaired) electrons. The first-order chi connectivity index (χ1) is 10.7. The number of aliphatic hydroxyl groups is 1. The Hall–Kier alpha value is -0.170. The zero-order chi connectivity index (χ0) is 17.1. The van der Waals surface area contributed by atoms with Crippen LogP contribution in [0, 0.1) is 11.8 Å². The molecule has 2 rings (SSSR count). The molecule has 2 aliphatic rings. The molecular weight excluding hydrogens is 312 g/mol. The standard InChI is InChI=1S/C17H34N2O3S/c1-14(2)23(21,22)18-11-16-5-4-10-19(12-16)13-17(20)8-6-15(3)7-9-17/h14-16,18,20H,4-13H2,1-3H3. The fourth-order valence-electron chi connectivity index (χ4n) is 3.74. The van der Waals surface area contributed by atoms with Crippen LogP contribution in [0.1, 0.15) is 59.3 Å². The van der Waals surface area contributed by atoms with E-state index in [2.05, 4.69) is 16.5 Å². The predicted octanol–water partition coefficient (Wildman–Crippen LogP) is 1.97.